The minimum atomic E-state index is -4.53. The molecule has 0 amide bonds. The fourth-order valence-corrected chi connectivity index (χ4v) is 2.89. The van der Waals surface area contributed by atoms with E-state index in [-0.39, 0.29) is 29.4 Å². The van der Waals surface area contributed by atoms with Crippen LogP contribution in [-0.2, 0) is 6.18 Å². The standard InChI is InChI=1S/C16H17F3N4O2/c1-8-14(12-5-2-9(6-13(12)25)16(17,18)19)22-23-15(20-8)21-10-3-4-11(24)7-10/h2,5-6,10-11,24-25H,3-4,7H2,1H3,(H,20,21,23)/t10-,11+/m1/s1. The van der Waals surface area contributed by atoms with E-state index in [1.165, 1.54) is 0 Å². The molecule has 1 aromatic carbocycles. The maximum absolute atomic E-state index is 12.7. The zero-order chi connectivity index (χ0) is 18.2. The van der Waals surface area contributed by atoms with Crippen molar-refractivity contribution >= 4 is 5.95 Å². The summed E-state index contributed by atoms with van der Waals surface area (Å²) in [4.78, 5) is 4.25. The van der Waals surface area contributed by atoms with Crippen molar-refractivity contribution in [1.29, 1.82) is 0 Å². The van der Waals surface area contributed by atoms with Crippen LogP contribution in [0.5, 0.6) is 5.75 Å². The summed E-state index contributed by atoms with van der Waals surface area (Å²) in [6.07, 6.45) is -2.76. The van der Waals surface area contributed by atoms with Crippen LogP contribution in [0, 0.1) is 6.92 Å². The summed E-state index contributed by atoms with van der Waals surface area (Å²) >= 11 is 0. The number of halogens is 3. The topological polar surface area (TPSA) is 91.2 Å². The van der Waals surface area contributed by atoms with Crippen molar-refractivity contribution < 1.29 is 23.4 Å². The summed E-state index contributed by atoms with van der Waals surface area (Å²) in [5.74, 6) is -0.250. The number of nitrogens with one attached hydrogen (secondary N) is 1. The Bertz CT molecular complexity index is 782. The summed E-state index contributed by atoms with van der Waals surface area (Å²) in [7, 11) is 0. The number of anilines is 1. The number of phenolic OH excluding ortho intramolecular Hbond substituents is 1. The summed E-state index contributed by atoms with van der Waals surface area (Å²) in [6, 6.07) is 2.74. The Morgan fingerprint density at radius 1 is 1.20 bits per heavy atom. The van der Waals surface area contributed by atoms with E-state index in [2.05, 4.69) is 20.5 Å². The number of rotatable bonds is 3. The van der Waals surface area contributed by atoms with Gasteiger partial charge in [-0.05, 0) is 44.4 Å². The monoisotopic (exact) mass is 354 g/mol. The number of nitrogens with zero attached hydrogens (tertiary/aromatic N) is 3. The number of aromatic hydroxyl groups is 1. The molecule has 1 saturated carbocycles. The zero-order valence-corrected chi connectivity index (χ0v) is 13.4. The van der Waals surface area contributed by atoms with E-state index in [9.17, 15) is 23.4 Å². The van der Waals surface area contributed by atoms with Gasteiger partial charge in [-0.15, -0.1) is 10.2 Å². The molecule has 2 atom stereocenters. The lowest BCUT2D eigenvalue weighted by Crippen LogP contribution is -2.19. The molecule has 9 heteroatoms. The number of benzene rings is 1. The number of aromatic nitrogens is 3. The number of hydrogen-bond acceptors (Lipinski definition) is 6. The smallest absolute Gasteiger partial charge is 0.416 e. The zero-order valence-electron chi connectivity index (χ0n) is 13.4. The Morgan fingerprint density at radius 3 is 2.52 bits per heavy atom. The van der Waals surface area contributed by atoms with E-state index in [1.807, 2.05) is 0 Å². The van der Waals surface area contributed by atoms with E-state index in [4.69, 9.17) is 0 Å². The average molecular weight is 354 g/mol. The maximum atomic E-state index is 12.7. The van der Waals surface area contributed by atoms with E-state index in [0.717, 1.165) is 18.6 Å². The number of aryl methyl sites for hydroxylation is 1. The maximum Gasteiger partial charge on any atom is 0.416 e. The average Bonchev–Trinajstić information content (AvgIpc) is 2.92. The van der Waals surface area contributed by atoms with Gasteiger partial charge in [0.15, 0.2) is 0 Å². The summed E-state index contributed by atoms with van der Waals surface area (Å²) in [5.41, 5.74) is -0.173. The van der Waals surface area contributed by atoms with Gasteiger partial charge in [0.1, 0.15) is 11.4 Å². The van der Waals surface area contributed by atoms with Crippen molar-refractivity contribution in [3.8, 4) is 17.0 Å². The number of hydrogen-bond donors (Lipinski definition) is 3. The molecule has 25 heavy (non-hydrogen) atoms. The normalized spacial score (nSPS) is 20.7. The molecule has 3 N–H and O–H groups in total. The van der Waals surface area contributed by atoms with E-state index < -0.39 is 17.5 Å². The number of alkyl halides is 3. The summed E-state index contributed by atoms with van der Waals surface area (Å²) in [6.45, 7) is 1.63. The third kappa shape index (κ3) is 3.81. The fourth-order valence-electron chi connectivity index (χ4n) is 2.89. The molecule has 0 saturated heterocycles. The predicted molar refractivity (Wildman–Crippen MR) is 83.9 cm³/mol. The third-order valence-electron chi connectivity index (χ3n) is 4.18. The molecule has 1 aromatic heterocycles. The highest BCUT2D eigenvalue weighted by molar-refractivity contribution is 5.69. The lowest BCUT2D eigenvalue weighted by Gasteiger charge is -2.13. The molecular formula is C16H17F3N4O2. The Labute approximate surface area is 141 Å². The summed E-state index contributed by atoms with van der Waals surface area (Å²) in [5, 5.41) is 30.4. The molecule has 0 bridgehead atoms. The Morgan fingerprint density at radius 2 is 1.96 bits per heavy atom. The van der Waals surface area contributed by atoms with Gasteiger partial charge in [0, 0.05) is 11.6 Å². The Kier molecular flexibility index (Phi) is 4.51. The molecule has 6 nitrogen and oxygen atoms in total. The van der Waals surface area contributed by atoms with E-state index >= 15 is 0 Å². The molecule has 0 radical (unpaired) electrons. The fraction of sp³-hybridized carbons (Fsp3) is 0.438. The SMILES string of the molecule is Cc1nc(N[C@@H]2CC[C@H](O)C2)nnc1-c1ccc(C(F)(F)F)cc1O. The lowest BCUT2D eigenvalue weighted by atomic mass is 10.1. The molecule has 0 spiro atoms. The van der Waals surface area contributed by atoms with Crippen molar-refractivity contribution in [3.05, 3.63) is 29.5 Å². The highest BCUT2D eigenvalue weighted by Crippen LogP contribution is 2.36. The van der Waals surface area contributed by atoms with Crippen LogP contribution >= 0.6 is 0 Å². The molecule has 0 unspecified atom stereocenters. The minimum Gasteiger partial charge on any atom is -0.507 e. The number of aliphatic hydroxyl groups excluding tert-OH is 1. The van der Waals surface area contributed by atoms with Crippen LogP contribution in [0.4, 0.5) is 19.1 Å². The molecule has 1 aliphatic carbocycles. The van der Waals surface area contributed by atoms with Gasteiger partial charge in [-0.2, -0.15) is 13.2 Å². The third-order valence-corrected chi connectivity index (χ3v) is 4.18. The Balaban J connectivity index is 1.83. The predicted octanol–water partition coefficient (Wildman–Crippen LogP) is 2.90. The second-order valence-electron chi connectivity index (χ2n) is 6.11. The molecule has 1 aliphatic rings. The van der Waals surface area contributed by atoms with Crippen LogP contribution in [0.15, 0.2) is 18.2 Å². The number of phenols is 1. The van der Waals surface area contributed by atoms with Crippen molar-refractivity contribution in [2.45, 2.75) is 44.5 Å². The first-order valence-electron chi connectivity index (χ1n) is 7.80. The van der Waals surface area contributed by atoms with Crippen LogP contribution in [0.1, 0.15) is 30.5 Å². The molecule has 0 aliphatic heterocycles. The van der Waals surface area contributed by atoms with Gasteiger partial charge in [-0.1, -0.05) is 0 Å². The van der Waals surface area contributed by atoms with Crippen molar-refractivity contribution in [2.75, 3.05) is 5.32 Å². The van der Waals surface area contributed by atoms with Crippen LogP contribution < -0.4 is 5.32 Å². The van der Waals surface area contributed by atoms with Gasteiger partial charge in [-0.3, -0.25) is 0 Å². The van der Waals surface area contributed by atoms with Gasteiger partial charge in [0.2, 0.25) is 5.95 Å². The van der Waals surface area contributed by atoms with Crippen LogP contribution in [0.3, 0.4) is 0 Å². The van der Waals surface area contributed by atoms with Gasteiger partial charge < -0.3 is 15.5 Å². The first-order valence-corrected chi connectivity index (χ1v) is 7.80. The Hall–Kier alpha value is -2.42. The highest BCUT2D eigenvalue weighted by atomic mass is 19.4. The molecule has 134 valence electrons. The summed E-state index contributed by atoms with van der Waals surface area (Å²) < 4.78 is 38.0. The molecule has 1 heterocycles. The minimum absolute atomic E-state index is 0.0570. The van der Waals surface area contributed by atoms with Crippen molar-refractivity contribution in [3.63, 3.8) is 0 Å². The quantitative estimate of drug-likeness (QED) is 0.785. The van der Waals surface area contributed by atoms with Gasteiger partial charge in [0.25, 0.3) is 0 Å². The molecule has 1 fully saturated rings. The molecular weight excluding hydrogens is 337 g/mol. The largest absolute Gasteiger partial charge is 0.507 e. The van der Waals surface area contributed by atoms with Gasteiger partial charge in [0.05, 0.1) is 17.4 Å². The molecule has 3 rings (SSSR count). The second-order valence-corrected chi connectivity index (χ2v) is 6.11. The second kappa shape index (κ2) is 6.47. The number of aliphatic hydroxyl groups is 1. The van der Waals surface area contributed by atoms with Crippen LogP contribution in [0.25, 0.3) is 11.3 Å². The van der Waals surface area contributed by atoms with Crippen LogP contribution in [-0.4, -0.2) is 37.5 Å². The first kappa shape index (κ1) is 17.4. The van der Waals surface area contributed by atoms with Crippen molar-refractivity contribution in [2.24, 2.45) is 0 Å². The first-order chi connectivity index (χ1) is 11.7. The van der Waals surface area contributed by atoms with Crippen LogP contribution in [0.2, 0.25) is 0 Å². The van der Waals surface area contributed by atoms with E-state index in [0.29, 0.717) is 24.6 Å². The molecule has 2 aromatic rings. The van der Waals surface area contributed by atoms with Gasteiger partial charge >= 0.3 is 6.18 Å². The van der Waals surface area contributed by atoms with E-state index in [1.54, 1.807) is 6.92 Å². The van der Waals surface area contributed by atoms with Gasteiger partial charge in [-0.25, -0.2) is 4.98 Å². The highest BCUT2D eigenvalue weighted by Gasteiger charge is 2.31. The van der Waals surface area contributed by atoms with Crippen molar-refractivity contribution in [1.82, 2.24) is 15.2 Å². The lowest BCUT2D eigenvalue weighted by molar-refractivity contribution is -0.137.